The number of sulfonamides is 1. The van der Waals surface area contributed by atoms with Crippen molar-refractivity contribution in [1.29, 1.82) is 0 Å². The van der Waals surface area contributed by atoms with Gasteiger partial charge in [0.1, 0.15) is 5.82 Å². The second kappa shape index (κ2) is 6.63. The Morgan fingerprint density at radius 1 is 1.17 bits per heavy atom. The zero-order valence-electron chi connectivity index (χ0n) is 17.1. The van der Waals surface area contributed by atoms with Crippen molar-refractivity contribution in [1.82, 2.24) is 14.3 Å². The molecule has 1 aromatic rings. The smallest absolute Gasteiger partial charge is 0.239 e. The van der Waals surface area contributed by atoms with Crippen LogP contribution in [0.15, 0.2) is 6.20 Å². The second-order valence-electron chi connectivity index (χ2n) is 9.24. The van der Waals surface area contributed by atoms with E-state index < -0.39 is 10.0 Å². The lowest BCUT2D eigenvalue weighted by molar-refractivity contribution is -0.120. The normalized spacial score (nSPS) is 29.4. The van der Waals surface area contributed by atoms with Gasteiger partial charge in [-0.2, -0.15) is 4.98 Å². The lowest BCUT2D eigenvalue weighted by Gasteiger charge is -2.31. The van der Waals surface area contributed by atoms with Gasteiger partial charge in [-0.1, -0.05) is 13.3 Å². The van der Waals surface area contributed by atoms with Gasteiger partial charge < -0.3 is 5.32 Å². The molecule has 29 heavy (non-hydrogen) atoms. The molecule has 0 aromatic carbocycles. The summed E-state index contributed by atoms with van der Waals surface area (Å²) in [4.78, 5) is 24.6. The summed E-state index contributed by atoms with van der Waals surface area (Å²) >= 11 is 0. The molecule has 2 saturated carbocycles. The van der Waals surface area contributed by atoms with Gasteiger partial charge in [-0.15, -0.1) is 0 Å². The summed E-state index contributed by atoms with van der Waals surface area (Å²) in [7, 11) is -3.13. The molecule has 1 saturated heterocycles. The van der Waals surface area contributed by atoms with E-state index >= 15 is 0 Å². The molecule has 158 valence electrons. The van der Waals surface area contributed by atoms with Gasteiger partial charge in [0, 0.05) is 36.9 Å². The van der Waals surface area contributed by atoms with Crippen LogP contribution in [0.25, 0.3) is 0 Å². The van der Waals surface area contributed by atoms with E-state index in [0.29, 0.717) is 25.0 Å². The lowest BCUT2D eigenvalue weighted by Crippen LogP contribution is -2.43. The van der Waals surface area contributed by atoms with E-state index in [4.69, 9.17) is 4.98 Å². The average molecular weight is 420 g/mol. The van der Waals surface area contributed by atoms with Crippen LogP contribution in [0.4, 0.5) is 11.8 Å². The molecule has 3 fully saturated rings. The number of carbonyl (C=O) groups is 1. The minimum Gasteiger partial charge on any atom is -0.351 e. The second-order valence-corrected chi connectivity index (χ2v) is 11.2. The van der Waals surface area contributed by atoms with E-state index in [1.165, 1.54) is 10.6 Å². The van der Waals surface area contributed by atoms with E-state index in [1.807, 2.05) is 11.1 Å². The summed E-state index contributed by atoms with van der Waals surface area (Å²) in [5, 5.41) is 3.39. The standard InChI is InChI=1S/C20H29N5O3S/c1-13-4-3-5-16(13)25-17-15(20(8-9-20)18(25)26)12-21-19(23-17)22-14-6-10-24(11-7-14)29(2,27)28/h12-14,16H,3-11H2,1-2H3,(H,21,22,23)/t13-,16-/m0/s1. The Hall–Kier alpha value is -1.74. The van der Waals surface area contributed by atoms with Crippen LogP contribution in [0.2, 0.25) is 0 Å². The van der Waals surface area contributed by atoms with Gasteiger partial charge in [-0.25, -0.2) is 17.7 Å². The molecule has 1 amide bonds. The monoisotopic (exact) mass is 419 g/mol. The quantitative estimate of drug-likeness (QED) is 0.801. The van der Waals surface area contributed by atoms with E-state index in [-0.39, 0.29) is 23.4 Å². The zero-order valence-corrected chi connectivity index (χ0v) is 17.9. The molecule has 0 unspecified atom stereocenters. The number of rotatable bonds is 4. The van der Waals surface area contributed by atoms with Crippen molar-refractivity contribution in [3.05, 3.63) is 11.8 Å². The first-order chi connectivity index (χ1) is 13.8. The predicted molar refractivity (Wildman–Crippen MR) is 110 cm³/mol. The minimum atomic E-state index is -3.13. The molecule has 1 aromatic heterocycles. The number of nitrogens with one attached hydrogen (secondary N) is 1. The van der Waals surface area contributed by atoms with Gasteiger partial charge in [0.25, 0.3) is 0 Å². The predicted octanol–water partition coefficient (Wildman–Crippen LogP) is 1.88. The van der Waals surface area contributed by atoms with Gasteiger partial charge in [0.2, 0.25) is 21.9 Å². The van der Waals surface area contributed by atoms with Gasteiger partial charge in [-0.05, 0) is 44.4 Å². The van der Waals surface area contributed by atoms with Gasteiger partial charge in [0.15, 0.2) is 0 Å². The third kappa shape index (κ3) is 3.13. The summed E-state index contributed by atoms with van der Waals surface area (Å²) in [6, 6.07) is 0.374. The van der Waals surface area contributed by atoms with Crippen molar-refractivity contribution in [3.63, 3.8) is 0 Å². The number of hydrogen-bond acceptors (Lipinski definition) is 6. The van der Waals surface area contributed by atoms with Crippen molar-refractivity contribution in [2.45, 2.75) is 69.4 Å². The van der Waals surface area contributed by atoms with Crippen LogP contribution in [-0.2, 0) is 20.2 Å². The molecule has 1 N–H and O–H groups in total. The number of carbonyl (C=O) groups excluding carboxylic acids is 1. The van der Waals surface area contributed by atoms with Gasteiger partial charge >= 0.3 is 0 Å². The fourth-order valence-corrected chi connectivity index (χ4v) is 6.22. The van der Waals surface area contributed by atoms with Crippen molar-refractivity contribution in [3.8, 4) is 0 Å². The topological polar surface area (TPSA) is 95.5 Å². The van der Waals surface area contributed by atoms with Crippen molar-refractivity contribution < 1.29 is 13.2 Å². The Morgan fingerprint density at radius 2 is 1.90 bits per heavy atom. The lowest BCUT2D eigenvalue weighted by atomic mass is 10.0. The first kappa shape index (κ1) is 19.2. The summed E-state index contributed by atoms with van der Waals surface area (Å²) in [5.74, 6) is 2.06. The van der Waals surface area contributed by atoms with Gasteiger partial charge in [-0.3, -0.25) is 9.69 Å². The van der Waals surface area contributed by atoms with Crippen LogP contribution in [0.1, 0.15) is 57.4 Å². The number of aromatic nitrogens is 2. The maximum atomic E-state index is 13.3. The maximum absolute atomic E-state index is 13.3. The molecule has 1 spiro atoms. The first-order valence-electron chi connectivity index (χ1n) is 10.7. The highest BCUT2D eigenvalue weighted by molar-refractivity contribution is 7.88. The Morgan fingerprint density at radius 3 is 2.48 bits per heavy atom. The van der Waals surface area contributed by atoms with Crippen LogP contribution < -0.4 is 10.2 Å². The van der Waals surface area contributed by atoms with Crippen LogP contribution in [-0.4, -0.2) is 60.0 Å². The van der Waals surface area contributed by atoms with Crippen LogP contribution in [0.3, 0.4) is 0 Å². The summed E-state index contributed by atoms with van der Waals surface area (Å²) in [6.45, 7) is 3.25. The van der Waals surface area contributed by atoms with E-state index in [1.54, 1.807) is 0 Å². The summed E-state index contributed by atoms with van der Waals surface area (Å²) in [6.07, 6.45) is 9.71. The Labute approximate surface area is 172 Å². The molecular formula is C20H29N5O3S. The number of piperidine rings is 1. The SMILES string of the molecule is C[C@H]1CCC[C@@H]1N1C(=O)C2(CC2)c2cnc(NC3CCN(S(C)(=O)=O)CC3)nc21. The van der Waals surface area contributed by atoms with Crippen molar-refractivity contribution >= 4 is 27.7 Å². The highest BCUT2D eigenvalue weighted by Crippen LogP contribution is 2.58. The Kier molecular flexibility index (Phi) is 4.40. The number of hydrogen-bond donors (Lipinski definition) is 1. The number of nitrogens with zero attached hydrogens (tertiary/aromatic N) is 4. The minimum absolute atomic E-state index is 0.136. The van der Waals surface area contributed by atoms with E-state index in [0.717, 1.165) is 56.3 Å². The maximum Gasteiger partial charge on any atom is 0.239 e. The molecule has 5 rings (SSSR count). The largest absolute Gasteiger partial charge is 0.351 e. The molecule has 2 aliphatic carbocycles. The first-order valence-corrected chi connectivity index (χ1v) is 12.6. The highest BCUT2D eigenvalue weighted by atomic mass is 32.2. The third-order valence-electron chi connectivity index (χ3n) is 7.29. The number of anilines is 2. The zero-order chi connectivity index (χ0) is 20.4. The molecular weight excluding hydrogens is 390 g/mol. The van der Waals surface area contributed by atoms with E-state index in [9.17, 15) is 13.2 Å². The third-order valence-corrected chi connectivity index (χ3v) is 8.60. The number of amides is 1. The highest BCUT2D eigenvalue weighted by Gasteiger charge is 2.61. The Balaban J connectivity index is 1.37. The molecule has 3 heterocycles. The van der Waals surface area contributed by atoms with Crippen LogP contribution in [0, 0.1) is 5.92 Å². The fourth-order valence-electron chi connectivity index (χ4n) is 5.35. The summed E-state index contributed by atoms with van der Waals surface area (Å²) < 4.78 is 24.9. The molecule has 2 aliphatic heterocycles. The molecule has 2 atom stereocenters. The molecule has 8 nitrogen and oxygen atoms in total. The van der Waals surface area contributed by atoms with Crippen LogP contribution in [0.5, 0.6) is 0 Å². The number of fused-ring (bicyclic) bond motifs is 2. The molecule has 4 aliphatic rings. The van der Waals surface area contributed by atoms with Crippen LogP contribution >= 0.6 is 0 Å². The summed E-state index contributed by atoms with van der Waals surface area (Å²) in [5.41, 5.74) is 0.635. The molecule has 9 heteroatoms. The van der Waals surface area contributed by atoms with Crippen molar-refractivity contribution in [2.24, 2.45) is 5.92 Å². The Bertz CT molecular complexity index is 937. The molecule has 0 radical (unpaired) electrons. The van der Waals surface area contributed by atoms with Crippen molar-refractivity contribution in [2.75, 3.05) is 29.6 Å². The van der Waals surface area contributed by atoms with E-state index in [2.05, 4.69) is 17.2 Å². The van der Waals surface area contributed by atoms with Gasteiger partial charge in [0.05, 0.1) is 11.7 Å². The fraction of sp³-hybridized carbons (Fsp3) is 0.750. The average Bonchev–Trinajstić information content (AvgIpc) is 3.33. The molecule has 0 bridgehead atoms.